The van der Waals surface area contributed by atoms with Crippen molar-refractivity contribution in [2.45, 2.75) is 38.6 Å². The number of carbonyl (C=O) groups excluding carboxylic acids is 1. The maximum absolute atomic E-state index is 13.3. The minimum Gasteiger partial charge on any atom is -0.340 e. The summed E-state index contributed by atoms with van der Waals surface area (Å²) < 4.78 is 1.70. The highest BCUT2D eigenvalue weighted by atomic mass is 32.1. The Morgan fingerprint density at radius 1 is 1.10 bits per heavy atom. The zero-order valence-electron chi connectivity index (χ0n) is 17.4. The number of aryl methyl sites for hydroxylation is 2. The van der Waals surface area contributed by atoms with Crippen molar-refractivity contribution in [1.82, 2.24) is 20.1 Å². The molecule has 3 aromatic heterocycles. The summed E-state index contributed by atoms with van der Waals surface area (Å²) in [5.41, 5.74) is 5.32. The molecule has 31 heavy (non-hydrogen) atoms. The van der Waals surface area contributed by atoms with Gasteiger partial charge < -0.3 is 5.32 Å². The summed E-state index contributed by atoms with van der Waals surface area (Å²) in [5, 5.41) is 9.72. The SMILES string of the molecule is Cc1c(C(=O)NC(c2ccc3c(c2)CCCC3)c2cccs2)cnn1-c1ccccn1. The van der Waals surface area contributed by atoms with Crippen molar-refractivity contribution >= 4 is 17.2 Å². The van der Waals surface area contributed by atoms with Gasteiger partial charge >= 0.3 is 0 Å². The van der Waals surface area contributed by atoms with E-state index in [0.717, 1.165) is 29.0 Å². The van der Waals surface area contributed by atoms with Crippen molar-refractivity contribution in [3.05, 3.63) is 99.1 Å². The van der Waals surface area contributed by atoms with Gasteiger partial charge in [-0.05, 0) is 72.9 Å². The van der Waals surface area contributed by atoms with Gasteiger partial charge in [-0.1, -0.05) is 30.3 Å². The molecular formula is C25H24N4OS. The number of hydrogen-bond donors (Lipinski definition) is 1. The fourth-order valence-electron chi connectivity index (χ4n) is 4.26. The summed E-state index contributed by atoms with van der Waals surface area (Å²) >= 11 is 1.66. The summed E-state index contributed by atoms with van der Waals surface area (Å²) in [6.45, 7) is 1.90. The quantitative estimate of drug-likeness (QED) is 0.485. The van der Waals surface area contributed by atoms with E-state index < -0.39 is 0 Å². The molecule has 3 heterocycles. The topological polar surface area (TPSA) is 59.8 Å². The molecule has 156 valence electrons. The first kappa shape index (κ1) is 19.7. The van der Waals surface area contributed by atoms with Gasteiger partial charge in [-0.25, -0.2) is 9.67 Å². The number of hydrogen-bond acceptors (Lipinski definition) is 4. The fraction of sp³-hybridized carbons (Fsp3) is 0.240. The average molecular weight is 429 g/mol. The lowest BCUT2D eigenvalue weighted by Crippen LogP contribution is -2.29. The lowest BCUT2D eigenvalue weighted by molar-refractivity contribution is 0.0943. The van der Waals surface area contributed by atoms with E-state index >= 15 is 0 Å². The van der Waals surface area contributed by atoms with Crippen LogP contribution in [-0.2, 0) is 12.8 Å². The first-order valence-corrected chi connectivity index (χ1v) is 11.5. The number of aromatic nitrogens is 3. The van der Waals surface area contributed by atoms with Gasteiger partial charge in [-0.3, -0.25) is 4.79 Å². The monoisotopic (exact) mass is 428 g/mol. The van der Waals surface area contributed by atoms with Crippen LogP contribution in [0.5, 0.6) is 0 Å². The van der Waals surface area contributed by atoms with E-state index in [1.54, 1.807) is 28.4 Å². The minimum absolute atomic E-state index is 0.129. The molecule has 1 atom stereocenters. The predicted molar refractivity (Wildman–Crippen MR) is 123 cm³/mol. The number of nitrogens with one attached hydrogen (secondary N) is 1. The maximum Gasteiger partial charge on any atom is 0.255 e. The standard InChI is InChI=1S/C25H24N4OS/c1-17-21(16-27-29(17)23-10-4-5-13-26-23)25(30)28-24(22-9-6-14-31-22)20-12-11-18-7-2-3-8-19(18)15-20/h4-6,9-16,24H,2-3,7-8H2,1H3,(H,28,30). The molecule has 4 aromatic rings. The molecule has 5 rings (SSSR count). The third kappa shape index (κ3) is 3.91. The third-order valence-corrected chi connectivity index (χ3v) is 6.87. The molecule has 0 aliphatic heterocycles. The van der Waals surface area contributed by atoms with Crippen LogP contribution in [0.15, 0.2) is 66.3 Å². The fourth-order valence-corrected chi connectivity index (χ4v) is 5.06. The minimum atomic E-state index is -0.183. The Labute approximate surface area is 185 Å². The summed E-state index contributed by atoms with van der Waals surface area (Å²) in [4.78, 5) is 18.8. The van der Waals surface area contributed by atoms with E-state index in [1.165, 1.54) is 24.0 Å². The average Bonchev–Trinajstić information content (AvgIpc) is 3.48. The second kappa shape index (κ2) is 8.47. The Kier molecular flexibility index (Phi) is 5.38. The van der Waals surface area contributed by atoms with Crippen molar-refractivity contribution in [1.29, 1.82) is 0 Å². The number of pyridine rings is 1. The molecular weight excluding hydrogens is 404 g/mol. The van der Waals surface area contributed by atoms with Crippen LogP contribution in [0.3, 0.4) is 0 Å². The first-order chi connectivity index (χ1) is 15.2. The zero-order valence-corrected chi connectivity index (χ0v) is 18.2. The molecule has 1 unspecified atom stereocenters. The second-order valence-electron chi connectivity index (χ2n) is 7.90. The van der Waals surface area contributed by atoms with Gasteiger partial charge in [0.2, 0.25) is 0 Å². The van der Waals surface area contributed by atoms with Crippen molar-refractivity contribution in [2.75, 3.05) is 0 Å². The van der Waals surface area contributed by atoms with Gasteiger partial charge in [0, 0.05) is 11.1 Å². The molecule has 5 nitrogen and oxygen atoms in total. The first-order valence-electron chi connectivity index (χ1n) is 10.6. The lowest BCUT2D eigenvalue weighted by Gasteiger charge is -2.22. The highest BCUT2D eigenvalue weighted by Crippen LogP contribution is 2.30. The van der Waals surface area contributed by atoms with Gasteiger partial charge in [0.1, 0.15) is 0 Å². The van der Waals surface area contributed by atoms with Gasteiger partial charge in [-0.15, -0.1) is 11.3 Å². The number of fused-ring (bicyclic) bond motifs is 1. The number of carbonyl (C=O) groups is 1. The van der Waals surface area contributed by atoms with Gasteiger partial charge in [0.25, 0.3) is 5.91 Å². The molecule has 0 saturated heterocycles. The van der Waals surface area contributed by atoms with Crippen LogP contribution in [0, 0.1) is 6.92 Å². The molecule has 6 heteroatoms. The molecule has 0 fully saturated rings. The van der Waals surface area contributed by atoms with E-state index in [0.29, 0.717) is 11.4 Å². The Morgan fingerprint density at radius 2 is 1.97 bits per heavy atom. The second-order valence-corrected chi connectivity index (χ2v) is 8.88. The van der Waals surface area contributed by atoms with Crippen LogP contribution in [0.2, 0.25) is 0 Å². The van der Waals surface area contributed by atoms with Crippen LogP contribution >= 0.6 is 11.3 Å². The molecule has 0 bridgehead atoms. The smallest absolute Gasteiger partial charge is 0.255 e. The molecule has 1 amide bonds. The number of thiophene rings is 1. The van der Waals surface area contributed by atoms with Gasteiger partial charge in [0.05, 0.1) is 23.5 Å². The van der Waals surface area contributed by atoms with Crippen LogP contribution in [0.1, 0.15) is 56.5 Å². The Bertz CT molecular complexity index is 1200. The van der Waals surface area contributed by atoms with Crippen molar-refractivity contribution < 1.29 is 4.79 Å². The number of nitrogens with zero attached hydrogens (tertiary/aromatic N) is 3. The highest BCUT2D eigenvalue weighted by molar-refractivity contribution is 7.10. The van der Waals surface area contributed by atoms with E-state index in [9.17, 15) is 4.79 Å². The largest absolute Gasteiger partial charge is 0.340 e. The maximum atomic E-state index is 13.3. The third-order valence-electron chi connectivity index (χ3n) is 5.93. The lowest BCUT2D eigenvalue weighted by atomic mass is 9.89. The van der Waals surface area contributed by atoms with Crippen LogP contribution in [0.4, 0.5) is 0 Å². The number of rotatable bonds is 5. The summed E-state index contributed by atoms with van der Waals surface area (Å²) in [5.74, 6) is 0.569. The Balaban J connectivity index is 1.46. The van der Waals surface area contributed by atoms with Gasteiger partial charge in [0.15, 0.2) is 5.82 Å². The normalized spacial score (nSPS) is 14.1. The van der Waals surface area contributed by atoms with Crippen molar-refractivity contribution in [3.63, 3.8) is 0 Å². The number of amides is 1. The van der Waals surface area contributed by atoms with Gasteiger partial charge in [-0.2, -0.15) is 5.10 Å². The number of benzene rings is 1. The molecule has 1 N–H and O–H groups in total. The zero-order chi connectivity index (χ0) is 21.2. The summed E-state index contributed by atoms with van der Waals surface area (Å²) in [7, 11) is 0. The summed E-state index contributed by atoms with van der Waals surface area (Å²) in [6.07, 6.45) is 8.11. The molecule has 0 spiro atoms. The van der Waals surface area contributed by atoms with Crippen LogP contribution in [-0.4, -0.2) is 20.7 Å². The van der Waals surface area contributed by atoms with Crippen LogP contribution in [0.25, 0.3) is 5.82 Å². The van der Waals surface area contributed by atoms with Crippen molar-refractivity contribution in [2.24, 2.45) is 0 Å². The highest BCUT2D eigenvalue weighted by Gasteiger charge is 2.23. The van der Waals surface area contributed by atoms with Crippen LogP contribution < -0.4 is 5.32 Å². The molecule has 0 saturated carbocycles. The molecule has 1 aromatic carbocycles. The van der Waals surface area contributed by atoms with E-state index in [4.69, 9.17) is 0 Å². The molecule has 0 radical (unpaired) electrons. The Hall–Kier alpha value is -3.25. The molecule has 1 aliphatic carbocycles. The van der Waals surface area contributed by atoms with E-state index in [2.05, 4.69) is 45.0 Å². The van der Waals surface area contributed by atoms with E-state index in [-0.39, 0.29) is 11.9 Å². The molecule has 1 aliphatic rings. The Morgan fingerprint density at radius 3 is 2.74 bits per heavy atom. The summed E-state index contributed by atoms with van der Waals surface area (Å²) in [6, 6.07) is 16.3. The van der Waals surface area contributed by atoms with Crippen molar-refractivity contribution in [3.8, 4) is 5.82 Å². The predicted octanol–water partition coefficient (Wildman–Crippen LogP) is 5.04. The van der Waals surface area contributed by atoms with E-state index in [1.807, 2.05) is 31.2 Å².